The number of aliphatic hydroxyl groups excluding tert-OH is 1. The molecule has 0 saturated carbocycles. The Morgan fingerprint density at radius 1 is 1.14 bits per heavy atom. The molecule has 3 aromatic rings. The summed E-state index contributed by atoms with van der Waals surface area (Å²) >= 11 is 3.53. The number of hydrogen-bond donors (Lipinski definition) is 3. The summed E-state index contributed by atoms with van der Waals surface area (Å²) in [6.07, 6.45) is 3.64. The van der Waals surface area contributed by atoms with Crippen LogP contribution in [-0.4, -0.2) is 92.6 Å². The third kappa shape index (κ3) is 8.33. The smallest absolute Gasteiger partial charge is 0.319 e. The Kier molecular flexibility index (Phi) is 10.2. The largest absolute Gasteiger partial charge is 0.392 e. The van der Waals surface area contributed by atoms with Gasteiger partial charge in [-0.1, -0.05) is 28.1 Å². The van der Waals surface area contributed by atoms with Crippen LogP contribution in [0.25, 0.3) is 11.4 Å². The number of aromatic nitrogens is 4. The molecule has 0 radical (unpaired) electrons. The number of nitrogens with zero attached hydrogens (tertiary/aromatic N) is 6. The molecule has 1 unspecified atom stereocenters. The standard InChI is InChI=1S/C30H40BrFN8O2/c1-20(41)16-40-11-9-28(34-30(42)33-27-14-23(13-25(31)15-27)29-35-36-37-38(29)2)24(19-40)18-39-10-3-4-22(17-39)12-21-5-7-26(32)8-6-21/h5-8,13-15,20,22,24,28,41H,3-4,9-12,16-19H2,1-2H3,(H2,33,34,42)/t20?,22-,24-,28+/m0/s1. The predicted octanol–water partition coefficient (Wildman–Crippen LogP) is 3.93. The zero-order valence-corrected chi connectivity index (χ0v) is 25.8. The van der Waals surface area contributed by atoms with Gasteiger partial charge in [0.15, 0.2) is 5.82 Å². The van der Waals surface area contributed by atoms with Gasteiger partial charge in [0, 0.05) is 67.5 Å². The number of tetrazole rings is 1. The van der Waals surface area contributed by atoms with Gasteiger partial charge in [-0.3, -0.25) is 0 Å². The summed E-state index contributed by atoms with van der Waals surface area (Å²) in [5.41, 5.74) is 2.60. The molecule has 2 aromatic carbocycles. The molecule has 2 saturated heterocycles. The van der Waals surface area contributed by atoms with Crippen molar-refractivity contribution >= 4 is 27.6 Å². The van der Waals surface area contributed by atoms with Gasteiger partial charge in [-0.05, 0) is 91.4 Å². The molecule has 226 valence electrons. The highest BCUT2D eigenvalue weighted by Gasteiger charge is 2.33. The van der Waals surface area contributed by atoms with Gasteiger partial charge in [0.05, 0.1) is 6.10 Å². The summed E-state index contributed by atoms with van der Waals surface area (Å²) < 4.78 is 15.8. The monoisotopic (exact) mass is 642 g/mol. The van der Waals surface area contributed by atoms with Gasteiger partial charge in [-0.2, -0.15) is 0 Å². The van der Waals surface area contributed by atoms with E-state index in [2.05, 4.69) is 51.9 Å². The van der Waals surface area contributed by atoms with Gasteiger partial charge >= 0.3 is 6.03 Å². The number of rotatable bonds is 9. The van der Waals surface area contributed by atoms with Crippen LogP contribution in [-0.2, 0) is 13.5 Å². The van der Waals surface area contributed by atoms with Gasteiger partial charge in [0.2, 0.25) is 0 Å². The molecule has 5 rings (SSSR count). The van der Waals surface area contributed by atoms with Gasteiger partial charge in [-0.15, -0.1) is 5.10 Å². The summed E-state index contributed by atoms with van der Waals surface area (Å²) in [5.74, 6) is 1.14. The Bertz CT molecular complexity index is 1340. The number of likely N-dealkylation sites (tertiary alicyclic amines) is 2. The topological polar surface area (TPSA) is 111 Å². The molecule has 2 fully saturated rings. The van der Waals surface area contributed by atoms with E-state index < -0.39 is 6.10 Å². The van der Waals surface area contributed by atoms with Crippen molar-refractivity contribution in [3.8, 4) is 11.4 Å². The van der Waals surface area contributed by atoms with E-state index in [4.69, 9.17) is 0 Å². The lowest BCUT2D eigenvalue weighted by molar-refractivity contribution is 0.0581. The second-order valence-corrected chi connectivity index (χ2v) is 12.7. The zero-order valence-electron chi connectivity index (χ0n) is 24.2. The molecule has 3 N–H and O–H groups in total. The summed E-state index contributed by atoms with van der Waals surface area (Å²) in [5, 5.41) is 28.0. The number of anilines is 1. The Labute approximate surface area is 254 Å². The number of β-amino-alcohol motifs (C(OH)–C–C–N with tert-alkyl or cyclic N) is 1. The summed E-state index contributed by atoms with van der Waals surface area (Å²) in [6.45, 7) is 6.97. The van der Waals surface area contributed by atoms with Crippen molar-refractivity contribution in [2.24, 2.45) is 18.9 Å². The molecule has 10 nitrogen and oxygen atoms in total. The van der Waals surface area contributed by atoms with Crippen molar-refractivity contribution in [2.75, 3.05) is 44.6 Å². The first-order chi connectivity index (χ1) is 20.2. The quantitative estimate of drug-likeness (QED) is 0.324. The minimum atomic E-state index is -0.400. The average molecular weight is 644 g/mol. The van der Waals surface area contributed by atoms with Gasteiger partial charge in [-0.25, -0.2) is 13.9 Å². The van der Waals surface area contributed by atoms with E-state index in [0.717, 1.165) is 68.4 Å². The lowest BCUT2D eigenvalue weighted by atomic mass is 9.88. The Balaban J connectivity index is 1.23. The number of benzene rings is 2. The van der Waals surface area contributed by atoms with E-state index >= 15 is 0 Å². The van der Waals surface area contributed by atoms with Crippen LogP contribution >= 0.6 is 15.9 Å². The Hall–Kier alpha value is -2.93. The van der Waals surface area contributed by atoms with Crippen LogP contribution < -0.4 is 10.6 Å². The van der Waals surface area contributed by atoms with Gasteiger partial charge < -0.3 is 25.5 Å². The number of carbonyl (C=O) groups excluding carboxylic acids is 1. The normalized spacial score (nSPS) is 22.5. The van der Waals surface area contributed by atoms with Crippen molar-refractivity contribution in [1.82, 2.24) is 35.3 Å². The highest BCUT2D eigenvalue weighted by molar-refractivity contribution is 9.10. The molecule has 2 aliphatic rings. The molecule has 4 atom stereocenters. The third-order valence-corrected chi connectivity index (χ3v) is 8.68. The van der Waals surface area contributed by atoms with E-state index in [1.165, 1.54) is 17.7 Å². The van der Waals surface area contributed by atoms with Crippen LogP contribution in [0.5, 0.6) is 0 Å². The number of halogens is 2. The molecule has 0 bridgehead atoms. The fourth-order valence-electron chi connectivity index (χ4n) is 6.39. The average Bonchev–Trinajstić information content (AvgIpc) is 3.37. The number of amides is 2. The Morgan fingerprint density at radius 3 is 2.69 bits per heavy atom. The van der Waals surface area contributed by atoms with Crippen LogP contribution in [0.15, 0.2) is 46.9 Å². The van der Waals surface area contributed by atoms with Crippen LogP contribution in [0.4, 0.5) is 14.9 Å². The van der Waals surface area contributed by atoms with Crippen molar-refractivity contribution in [2.45, 2.75) is 44.8 Å². The van der Waals surface area contributed by atoms with E-state index in [9.17, 15) is 14.3 Å². The zero-order chi connectivity index (χ0) is 29.6. The van der Waals surface area contributed by atoms with Crippen LogP contribution in [0.3, 0.4) is 0 Å². The molecule has 0 aliphatic carbocycles. The number of aryl methyl sites for hydroxylation is 1. The molecule has 0 spiro atoms. The first kappa shape index (κ1) is 30.5. The van der Waals surface area contributed by atoms with E-state index in [0.29, 0.717) is 24.0 Å². The summed E-state index contributed by atoms with van der Waals surface area (Å²) in [7, 11) is 1.77. The van der Waals surface area contributed by atoms with Crippen molar-refractivity contribution in [3.05, 3.63) is 58.3 Å². The van der Waals surface area contributed by atoms with Gasteiger partial charge in [0.1, 0.15) is 5.82 Å². The van der Waals surface area contributed by atoms with Crippen LogP contribution in [0.1, 0.15) is 31.7 Å². The second kappa shape index (κ2) is 14.0. The highest BCUT2D eigenvalue weighted by Crippen LogP contribution is 2.27. The van der Waals surface area contributed by atoms with E-state index in [1.807, 2.05) is 37.3 Å². The molecule has 1 aromatic heterocycles. The molecular formula is C30H40BrFN8O2. The minimum absolute atomic E-state index is 0.00212. The summed E-state index contributed by atoms with van der Waals surface area (Å²) in [6, 6.07) is 12.2. The van der Waals surface area contributed by atoms with Gasteiger partial charge in [0.25, 0.3) is 0 Å². The lowest BCUT2D eigenvalue weighted by Crippen LogP contribution is -2.56. The van der Waals surface area contributed by atoms with Crippen molar-refractivity contribution in [1.29, 1.82) is 0 Å². The number of piperidine rings is 2. The maximum absolute atomic E-state index is 13.4. The Morgan fingerprint density at radius 2 is 1.95 bits per heavy atom. The third-order valence-electron chi connectivity index (χ3n) is 8.22. The van der Waals surface area contributed by atoms with E-state index in [1.54, 1.807) is 11.7 Å². The molecule has 12 heteroatoms. The van der Waals surface area contributed by atoms with Crippen LogP contribution in [0.2, 0.25) is 0 Å². The van der Waals surface area contributed by atoms with Crippen molar-refractivity contribution < 1.29 is 14.3 Å². The fourth-order valence-corrected chi connectivity index (χ4v) is 6.88. The molecule has 2 aliphatic heterocycles. The number of aliphatic hydroxyl groups is 1. The highest BCUT2D eigenvalue weighted by atomic mass is 79.9. The predicted molar refractivity (Wildman–Crippen MR) is 163 cm³/mol. The molecule has 2 amide bonds. The number of hydrogen-bond acceptors (Lipinski definition) is 7. The van der Waals surface area contributed by atoms with Crippen molar-refractivity contribution in [3.63, 3.8) is 0 Å². The summed E-state index contributed by atoms with van der Waals surface area (Å²) in [4.78, 5) is 18.1. The number of nitrogens with one attached hydrogen (secondary N) is 2. The first-order valence-electron chi connectivity index (χ1n) is 14.7. The number of carbonyl (C=O) groups is 1. The molecular weight excluding hydrogens is 603 g/mol. The number of urea groups is 1. The minimum Gasteiger partial charge on any atom is -0.392 e. The second-order valence-electron chi connectivity index (χ2n) is 11.8. The molecule has 3 heterocycles. The lowest BCUT2D eigenvalue weighted by Gasteiger charge is -2.43. The fraction of sp³-hybridized carbons (Fsp3) is 0.533. The maximum Gasteiger partial charge on any atom is 0.319 e. The SMILES string of the molecule is CC(O)CN1CC[C@@H](NC(=O)Nc2cc(Br)cc(-c3nnnn3C)c2)[C@@H](CN2CCC[C@@H](Cc3ccc(F)cc3)C2)C1. The maximum atomic E-state index is 13.4. The van der Waals surface area contributed by atoms with Crippen LogP contribution in [0, 0.1) is 17.7 Å². The van der Waals surface area contributed by atoms with E-state index in [-0.39, 0.29) is 23.8 Å². The first-order valence-corrected chi connectivity index (χ1v) is 15.5. The molecule has 42 heavy (non-hydrogen) atoms.